The van der Waals surface area contributed by atoms with E-state index in [4.69, 9.17) is 0 Å². The van der Waals surface area contributed by atoms with Gasteiger partial charge in [0.2, 0.25) is 0 Å². The molecule has 1 aliphatic rings. The van der Waals surface area contributed by atoms with Gasteiger partial charge in [-0.05, 0) is 60.4 Å². The van der Waals surface area contributed by atoms with Crippen molar-refractivity contribution >= 4 is 27.7 Å². The second-order valence-corrected chi connectivity index (χ2v) is 8.04. The number of alkyl halides is 6. The molecule has 1 aliphatic heterocycles. The number of benzene rings is 2. The number of fused-ring (bicyclic) bond motifs is 1. The third kappa shape index (κ3) is 5.51. The second-order valence-electron chi connectivity index (χ2n) is 7.13. The SMILES string of the molecule is O=C(O)N1CCCC(NCc2cc(C(F)(F)F)cc(C(F)(F)F)c2)c2cc(Br)ccc21. The lowest BCUT2D eigenvalue weighted by atomic mass is 10.00. The molecule has 0 fully saturated rings. The zero-order chi connectivity index (χ0) is 23.0. The number of hydrogen-bond acceptors (Lipinski definition) is 2. The van der Waals surface area contributed by atoms with Crippen LogP contribution in [0, 0.1) is 0 Å². The molecule has 2 aromatic carbocycles. The highest BCUT2D eigenvalue weighted by molar-refractivity contribution is 9.10. The van der Waals surface area contributed by atoms with Crippen molar-refractivity contribution in [3.05, 3.63) is 63.1 Å². The van der Waals surface area contributed by atoms with Gasteiger partial charge in [0, 0.05) is 23.6 Å². The Hall–Kier alpha value is -2.27. The minimum atomic E-state index is -4.92. The van der Waals surface area contributed by atoms with Gasteiger partial charge >= 0.3 is 18.4 Å². The summed E-state index contributed by atoms with van der Waals surface area (Å²) in [6, 6.07) is 5.97. The Kier molecular flexibility index (Phi) is 6.56. The molecule has 4 nitrogen and oxygen atoms in total. The highest BCUT2D eigenvalue weighted by atomic mass is 79.9. The highest BCUT2D eigenvalue weighted by Gasteiger charge is 2.37. The predicted molar refractivity (Wildman–Crippen MR) is 105 cm³/mol. The van der Waals surface area contributed by atoms with Crippen molar-refractivity contribution in [1.82, 2.24) is 5.32 Å². The first-order valence-electron chi connectivity index (χ1n) is 9.18. The first-order valence-corrected chi connectivity index (χ1v) is 9.97. The highest BCUT2D eigenvalue weighted by Crippen LogP contribution is 2.38. The Morgan fingerprint density at radius 1 is 1.06 bits per heavy atom. The van der Waals surface area contributed by atoms with E-state index in [0.717, 1.165) is 0 Å². The molecule has 2 N–H and O–H groups in total. The molecule has 2 aromatic rings. The zero-order valence-corrected chi connectivity index (χ0v) is 17.4. The molecule has 0 radical (unpaired) electrons. The molecule has 0 spiro atoms. The smallest absolute Gasteiger partial charge is 0.416 e. The minimum absolute atomic E-state index is 0.0896. The molecule has 31 heavy (non-hydrogen) atoms. The summed E-state index contributed by atoms with van der Waals surface area (Å²) in [6.45, 7) is -0.0272. The molecule has 1 amide bonds. The summed E-state index contributed by atoms with van der Waals surface area (Å²) in [7, 11) is 0. The van der Waals surface area contributed by atoms with Crippen molar-refractivity contribution in [2.75, 3.05) is 11.4 Å². The molecule has 11 heteroatoms. The minimum Gasteiger partial charge on any atom is -0.465 e. The van der Waals surface area contributed by atoms with Crippen molar-refractivity contribution in [1.29, 1.82) is 0 Å². The zero-order valence-electron chi connectivity index (χ0n) is 15.8. The number of nitrogens with zero attached hydrogens (tertiary/aromatic N) is 1. The Balaban J connectivity index is 1.92. The van der Waals surface area contributed by atoms with Crippen LogP contribution in [0.1, 0.15) is 41.1 Å². The van der Waals surface area contributed by atoms with Gasteiger partial charge in [-0.1, -0.05) is 15.9 Å². The largest absolute Gasteiger partial charge is 0.465 e. The quantitative estimate of drug-likeness (QED) is 0.457. The summed E-state index contributed by atoms with van der Waals surface area (Å²) in [6.07, 6.45) is -10.1. The molecule has 0 aromatic heterocycles. The van der Waals surface area contributed by atoms with Crippen LogP contribution in [-0.2, 0) is 18.9 Å². The van der Waals surface area contributed by atoms with Crippen LogP contribution in [0.15, 0.2) is 40.9 Å². The van der Waals surface area contributed by atoms with E-state index < -0.39 is 35.6 Å². The van der Waals surface area contributed by atoms with Crippen LogP contribution >= 0.6 is 15.9 Å². The van der Waals surface area contributed by atoms with Crippen LogP contribution in [0.2, 0.25) is 0 Å². The van der Waals surface area contributed by atoms with Gasteiger partial charge < -0.3 is 10.4 Å². The molecule has 0 saturated carbocycles. The molecule has 1 heterocycles. The first kappa shape index (κ1) is 23.4. The third-order valence-electron chi connectivity index (χ3n) is 4.96. The van der Waals surface area contributed by atoms with Crippen molar-refractivity contribution in [2.24, 2.45) is 0 Å². The van der Waals surface area contributed by atoms with Crippen LogP contribution in [0.3, 0.4) is 0 Å². The molecule has 0 saturated heterocycles. The number of carbonyl (C=O) groups is 1. The fourth-order valence-corrected chi connectivity index (χ4v) is 3.93. The van der Waals surface area contributed by atoms with E-state index in [0.29, 0.717) is 40.7 Å². The number of rotatable bonds is 3. The Morgan fingerprint density at radius 2 is 1.68 bits per heavy atom. The normalized spacial score (nSPS) is 17.3. The van der Waals surface area contributed by atoms with E-state index in [2.05, 4.69) is 21.2 Å². The van der Waals surface area contributed by atoms with Gasteiger partial charge in [-0.2, -0.15) is 26.3 Å². The van der Waals surface area contributed by atoms with Crippen molar-refractivity contribution < 1.29 is 36.2 Å². The van der Waals surface area contributed by atoms with Crippen LogP contribution < -0.4 is 10.2 Å². The summed E-state index contributed by atoms with van der Waals surface area (Å²) < 4.78 is 79.2. The fourth-order valence-electron chi connectivity index (χ4n) is 3.55. The summed E-state index contributed by atoms with van der Waals surface area (Å²) >= 11 is 3.32. The maximum atomic E-state index is 13.1. The Labute approximate surface area is 182 Å². The third-order valence-corrected chi connectivity index (χ3v) is 5.45. The lowest BCUT2D eigenvalue weighted by Crippen LogP contribution is -2.30. The Morgan fingerprint density at radius 3 is 2.23 bits per heavy atom. The lowest BCUT2D eigenvalue weighted by Gasteiger charge is -2.23. The predicted octanol–water partition coefficient (Wildman–Crippen LogP) is 6.60. The standard InChI is InChI=1S/C20H17BrF6N2O2/c21-14-3-4-17-15(9-14)16(2-1-5-29(17)18(30)31)28-10-11-6-12(19(22,23)24)8-13(7-11)20(25,26)27/h3-4,6-9,16,28H,1-2,5,10H2,(H,30,31). The maximum absolute atomic E-state index is 13.1. The summed E-state index contributed by atoms with van der Waals surface area (Å²) in [5.74, 6) is 0. The van der Waals surface area contributed by atoms with Gasteiger partial charge in [0.05, 0.1) is 16.8 Å². The van der Waals surface area contributed by atoms with Gasteiger partial charge in [0.25, 0.3) is 0 Å². The van der Waals surface area contributed by atoms with E-state index in [1.165, 1.54) is 4.90 Å². The van der Waals surface area contributed by atoms with E-state index in [-0.39, 0.29) is 24.7 Å². The van der Waals surface area contributed by atoms with E-state index >= 15 is 0 Å². The van der Waals surface area contributed by atoms with E-state index in [1.54, 1.807) is 18.2 Å². The summed E-state index contributed by atoms with van der Waals surface area (Å²) in [5, 5.41) is 12.5. The fraction of sp³-hybridized carbons (Fsp3) is 0.350. The number of amides is 1. The van der Waals surface area contributed by atoms with Gasteiger partial charge in [0.15, 0.2) is 0 Å². The summed E-state index contributed by atoms with van der Waals surface area (Å²) in [5.41, 5.74) is -1.90. The molecular formula is C20H17BrF6N2O2. The molecule has 3 rings (SSSR count). The lowest BCUT2D eigenvalue weighted by molar-refractivity contribution is -0.143. The van der Waals surface area contributed by atoms with Gasteiger partial charge in [0.1, 0.15) is 0 Å². The summed E-state index contributed by atoms with van der Waals surface area (Å²) in [4.78, 5) is 12.8. The number of carboxylic acid groups (broad SMARTS) is 1. The van der Waals surface area contributed by atoms with Crippen molar-refractivity contribution in [3.63, 3.8) is 0 Å². The molecule has 168 valence electrons. The van der Waals surface area contributed by atoms with E-state index in [9.17, 15) is 36.2 Å². The van der Waals surface area contributed by atoms with Crippen LogP contribution in [0.4, 0.5) is 36.8 Å². The van der Waals surface area contributed by atoms with Gasteiger partial charge in [-0.25, -0.2) is 4.79 Å². The van der Waals surface area contributed by atoms with Crippen LogP contribution in [-0.4, -0.2) is 17.7 Å². The molecule has 0 aliphatic carbocycles. The van der Waals surface area contributed by atoms with Crippen LogP contribution in [0.25, 0.3) is 0 Å². The number of halogens is 7. The van der Waals surface area contributed by atoms with Crippen molar-refractivity contribution in [2.45, 2.75) is 37.8 Å². The monoisotopic (exact) mass is 510 g/mol. The second kappa shape index (κ2) is 8.70. The number of nitrogens with one attached hydrogen (secondary N) is 1. The Bertz CT molecular complexity index is 945. The molecule has 1 unspecified atom stereocenters. The number of anilines is 1. The molecule has 1 atom stereocenters. The van der Waals surface area contributed by atoms with Crippen LogP contribution in [0.5, 0.6) is 0 Å². The first-order chi connectivity index (χ1) is 14.4. The average Bonchev–Trinajstić information content (AvgIpc) is 2.84. The number of hydrogen-bond donors (Lipinski definition) is 2. The molecule has 0 bridgehead atoms. The van der Waals surface area contributed by atoms with E-state index in [1.807, 2.05) is 0 Å². The van der Waals surface area contributed by atoms with Gasteiger partial charge in [-0.3, -0.25) is 4.90 Å². The average molecular weight is 511 g/mol. The van der Waals surface area contributed by atoms with Crippen molar-refractivity contribution in [3.8, 4) is 0 Å². The topological polar surface area (TPSA) is 52.6 Å². The van der Waals surface area contributed by atoms with Gasteiger partial charge in [-0.15, -0.1) is 0 Å². The molecular weight excluding hydrogens is 494 g/mol. The maximum Gasteiger partial charge on any atom is 0.416 e.